The molecule has 0 unspecified atom stereocenters. The van der Waals surface area contributed by atoms with E-state index in [9.17, 15) is 13.2 Å². The topological polar surface area (TPSA) is 86.2 Å². The minimum atomic E-state index is -3.86. The predicted molar refractivity (Wildman–Crippen MR) is 106 cm³/mol. The van der Waals surface area contributed by atoms with Crippen LogP contribution in [0.1, 0.15) is 37.7 Å². The number of halogens is 2. The number of aromatic nitrogens is 2. The molecule has 0 N–H and O–H groups in total. The molecule has 0 atom stereocenters. The maximum absolute atomic E-state index is 13.1. The zero-order valence-electron chi connectivity index (χ0n) is 14.8. The van der Waals surface area contributed by atoms with Crippen LogP contribution in [0, 0.1) is 5.41 Å². The average Bonchev–Trinajstić information content (AvgIpc) is 2.56. The van der Waals surface area contributed by atoms with Crippen LogP contribution >= 0.6 is 27.5 Å². The molecule has 142 valence electrons. The molecule has 1 aromatic heterocycles. The first-order chi connectivity index (χ1) is 12.5. The molecule has 6 nitrogen and oxygen atoms in total. The van der Waals surface area contributed by atoms with Crippen LogP contribution in [-0.4, -0.2) is 24.4 Å². The van der Waals surface area contributed by atoms with Crippen LogP contribution in [0.5, 0.6) is 0 Å². The zero-order valence-corrected chi connectivity index (χ0v) is 17.9. The van der Waals surface area contributed by atoms with Gasteiger partial charge in [-0.2, -0.15) is 0 Å². The van der Waals surface area contributed by atoms with Gasteiger partial charge in [0, 0.05) is 27.5 Å². The van der Waals surface area contributed by atoms with Crippen molar-refractivity contribution in [2.75, 3.05) is 0 Å². The molecule has 0 saturated heterocycles. The largest absolute Gasteiger partial charge is 0.422 e. The fourth-order valence-electron chi connectivity index (χ4n) is 2.46. The molecule has 0 bridgehead atoms. The third kappa shape index (κ3) is 3.93. The van der Waals surface area contributed by atoms with E-state index in [2.05, 4.69) is 25.9 Å². The van der Waals surface area contributed by atoms with Crippen molar-refractivity contribution in [3.8, 4) is 0 Å². The molecule has 0 saturated carbocycles. The van der Waals surface area contributed by atoms with Gasteiger partial charge in [0.25, 0.3) is 0 Å². The number of rotatable bonds is 2. The number of carbonyl (C=O) groups excluding carboxylic acids is 1. The number of hydrogen-bond donors (Lipinski definition) is 0. The highest BCUT2D eigenvalue weighted by molar-refractivity contribution is 9.10. The number of hydrogen-bond acceptors (Lipinski definition) is 6. The van der Waals surface area contributed by atoms with E-state index in [0.717, 1.165) is 0 Å². The number of nitrogens with zero attached hydrogens (tertiary/aromatic N) is 2. The zero-order chi connectivity index (χ0) is 20.0. The first kappa shape index (κ1) is 20.0. The molecule has 0 radical (unpaired) electrons. The molecule has 1 aliphatic rings. The molecule has 0 fully saturated rings. The number of sulfone groups is 1. The summed E-state index contributed by atoms with van der Waals surface area (Å²) in [5.41, 5.74) is -0.0776. The van der Waals surface area contributed by atoms with Gasteiger partial charge in [-0.25, -0.2) is 13.4 Å². The van der Waals surface area contributed by atoms with Crippen LogP contribution in [0.2, 0.25) is 5.02 Å². The van der Waals surface area contributed by atoms with Gasteiger partial charge in [0.05, 0.1) is 16.9 Å². The molecule has 27 heavy (non-hydrogen) atoms. The molecule has 0 spiro atoms. The summed E-state index contributed by atoms with van der Waals surface area (Å²) in [4.78, 5) is 20.7. The van der Waals surface area contributed by atoms with Gasteiger partial charge in [-0.05, 0) is 39.0 Å². The maximum Gasteiger partial charge on any atom is 0.316 e. The first-order valence-electron chi connectivity index (χ1n) is 7.96. The Kier molecular flexibility index (Phi) is 5.18. The van der Waals surface area contributed by atoms with Crippen molar-refractivity contribution in [1.29, 1.82) is 0 Å². The van der Waals surface area contributed by atoms with E-state index < -0.39 is 21.2 Å². The van der Waals surface area contributed by atoms with Crippen molar-refractivity contribution in [2.24, 2.45) is 5.41 Å². The summed E-state index contributed by atoms with van der Waals surface area (Å²) in [7, 11) is -3.86. The lowest BCUT2D eigenvalue weighted by atomic mass is 9.97. The van der Waals surface area contributed by atoms with Crippen molar-refractivity contribution in [2.45, 2.75) is 26.5 Å². The van der Waals surface area contributed by atoms with Crippen molar-refractivity contribution in [3.05, 3.63) is 57.0 Å². The number of fused-ring (bicyclic) bond motifs is 1. The van der Waals surface area contributed by atoms with Gasteiger partial charge in [-0.3, -0.25) is 9.78 Å². The fourth-order valence-corrected chi connectivity index (χ4v) is 4.85. The Hall–Kier alpha value is -1.77. The molecule has 0 aliphatic carbocycles. The summed E-state index contributed by atoms with van der Waals surface area (Å²) in [6, 6.07) is 4.76. The maximum atomic E-state index is 13.1. The Morgan fingerprint density at radius 2 is 1.89 bits per heavy atom. The van der Waals surface area contributed by atoms with Gasteiger partial charge < -0.3 is 4.74 Å². The quantitative estimate of drug-likeness (QED) is 0.609. The lowest BCUT2D eigenvalue weighted by Crippen LogP contribution is -2.26. The number of carbonyl (C=O) groups is 1. The smallest absolute Gasteiger partial charge is 0.316 e. The van der Waals surface area contributed by atoms with Gasteiger partial charge in [0.1, 0.15) is 10.6 Å². The van der Waals surface area contributed by atoms with Gasteiger partial charge in [-0.1, -0.05) is 27.5 Å². The molecular formula is C18H16BrClN2O4S. The molecule has 2 heterocycles. The second kappa shape index (κ2) is 7.00. The summed E-state index contributed by atoms with van der Waals surface area (Å²) >= 11 is 9.44. The summed E-state index contributed by atoms with van der Waals surface area (Å²) < 4.78 is 32.2. The Labute approximate surface area is 170 Å². The molecule has 0 amide bonds. The SMILES string of the molecule is CC(C)(C)C(=O)OC1=C(c2cc(Cl)ccc2Br)S(=O)(=O)Cc2nccnc21. The Morgan fingerprint density at radius 3 is 2.56 bits per heavy atom. The number of benzene rings is 1. The minimum absolute atomic E-state index is 0.132. The average molecular weight is 472 g/mol. The number of ether oxygens (including phenoxy) is 1. The normalized spacial score (nSPS) is 16.0. The third-order valence-electron chi connectivity index (χ3n) is 3.81. The van der Waals surface area contributed by atoms with E-state index in [4.69, 9.17) is 16.3 Å². The minimum Gasteiger partial charge on any atom is -0.422 e. The number of esters is 1. The van der Waals surface area contributed by atoms with E-state index in [0.29, 0.717) is 15.1 Å². The molecular weight excluding hydrogens is 456 g/mol. The van der Waals surface area contributed by atoms with E-state index >= 15 is 0 Å². The highest BCUT2D eigenvalue weighted by atomic mass is 79.9. The Bertz CT molecular complexity index is 1080. The van der Waals surface area contributed by atoms with Crippen LogP contribution in [0.15, 0.2) is 35.1 Å². The van der Waals surface area contributed by atoms with Gasteiger partial charge in [-0.15, -0.1) is 0 Å². The summed E-state index contributed by atoms with van der Waals surface area (Å²) in [5.74, 6) is -1.06. The van der Waals surface area contributed by atoms with Crippen molar-refractivity contribution in [1.82, 2.24) is 9.97 Å². The van der Waals surface area contributed by atoms with Crippen molar-refractivity contribution < 1.29 is 17.9 Å². The van der Waals surface area contributed by atoms with Gasteiger partial charge >= 0.3 is 5.97 Å². The summed E-state index contributed by atoms with van der Waals surface area (Å²) in [6.45, 7) is 5.04. The first-order valence-corrected chi connectivity index (χ1v) is 10.8. The molecule has 1 aliphatic heterocycles. The highest BCUT2D eigenvalue weighted by Crippen LogP contribution is 2.42. The van der Waals surface area contributed by atoms with Crippen LogP contribution < -0.4 is 0 Å². The van der Waals surface area contributed by atoms with Crippen LogP contribution in [0.3, 0.4) is 0 Å². The molecule has 9 heteroatoms. The van der Waals surface area contributed by atoms with Gasteiger partial charge in [0.2, 0.25) is 0 Å². The molecule has 1 aromatic carbocycles. The summed E-state index contributed by atoms with van der Waals surface area (Å²) in [5, 5.41) is 0.349. The van der Waals surface area contributed by atoms with Crippen molar-refractivity contribution in [3.63, 3.8) is 0 Å². The van der Waals surface area contributed by atoms with E-state index in [1.165, 1.54) is 18.5 Å². The van der Waals surface area contributed by atoms with Crippen LogP contribution in [-0.2, 0) is 25.1 Å². The third-order valence-corrected chi connectivity index (χ3v) is 6.42. The lowest BCUT2D eigenvalue weighted by molar-refractivity contribution is -0.145. The standard InChI is InChI=1S/C18H16BrClN2O4S/c1-18(2,3)17(23)26-15-14-13(21-6-7-22-14)9-27(24,25)16(15)11-8-10(20)4-5-12(11)19/h4-8H,9H2,1-3H3. The fraction of sp³-hybridized carbons (Fsp3) is 0.278. The molecule has 2 aromatic rings. The molecule has 3 rings (SSSR count). The Balaban J connectivity index is 2.36. The second-order valence-corrected chi connectivity index (χ2v) is 10.2. The van der Waals surface area contributed by atoms with E-state index in [-0.39, 0.29) is 27.8 Å². The van der Waals surface area contributed by atoms with Crippen molar-refractivity contribution >= 4 is 54.0 Å². The van der Waals surface area contributed by atoms with E-state index in [1.54, 1.807) is 32.9 Å². The van der Waals surface area contributed by atoms with Crippen LogP contribution in [0.25, 0.3) is 10.7 Å². The highest BCUT2D eigenvalue weighted by Gasteiger charge is 2.38. The second-order valence-electron chi connectivity index (χ2n) is 7.03. The van der Waals surface area contributed by atoms with E-state index in [1.807, 2.05) is 0 Å². The summed E-state index contributed by atoms with van der Waals surface area (Å²) in [6.07, 6.45) is 2.82. The lowest BCUT2D eigenvalue weighted by Gasteiger charge is -2.24. The predicted octanol–water partition coefficient (Wildman–Crippen LogP) is 4.24. The monoisotopic (exact) mass is 470 g/mol. The van der Waals surface area contributed by atoms with Crippen LogP contribution in [0.4, 0.5) is 0 Å². The Morgan fingerprint density at radius 1 is 1.22 bits per heavy atom. The van der Waals surface area contributed by atoms with Gasteiger partial charge in [0.15, 0.2) is 15.6 Å².